The highest BCUT2D eigenvalue weighted by atomic mass is 35.5. The van der Waals surface area contributed by atoms with Gasteiger partial charge in [0.1, 0.15) is 11.4 Å². The van der Waals surface area contributed by atoms with Crippen LogP contribution >= 0.6 is 11.6 Å². The highest BCUT2D eigenvalue weighted by molar-refractivity contribution is 6.31. The number of nitrogen functional groups attached to an aromatic ring is 1. The van der Waals surface area contributed by atoms with Gasteiger partial charge in [0.15, 0.2) is 11.6 Å². The van der Waals surface area contributed by atoms with Crippen LogP contribution in [-0.2, 0) is 0 Å². The fourth-order valence-corrected chi connectivity index (χ4v) is 1.78. The van der Waals surface area contributed by atoms with Crippen molar-refractivity contribution in [2.45, 2.75) is 0 Å². The first-order valence-corrected chi connectivity index (χ1v) is 5.74. The predicted molar refractivity (Wildman–Crippen MR) is 72.1 cm³/mol. The monoisotopic (exact) mass is 284 g/mol. The average molecular weight is 285 g/mol. The first-order chi connectivity index (χ1) is 9.02. The summed E-state index contributed by atoms with van der Waals surface area (Å²) in [6.45, 7) is 0. The highest BCUT2D eigenvalue weighted by Crippen LogP contribution is 2.34. The van der Waals surface area contributed by atoms with Gasteiger partial charge in [0.05, 0.1) is 18.5 Å². The smallest absolute Gasteiger partial charge is 0.184 e. The Hall–Kier alpha value is -2.01. The molecule has 0 saturated carbocycles. The van der Waals surface area contributed by atoms with E-state index < -0.39 is 11.6 Å². The van der Waals surface area contributed by atoms with Gasteiger partial charge in [0.25, 0.3) is 0 Å². The molecule has 0 amide bonds. The van der Waals surface area contributed by atoms with E-state index in [1.807, 2.05) is 0 Å². The number of halogens is 3. The molecule has 0 radical (unpaired) electrons. The van der Waals surface area contributed by atoms with Crippen LogP contribution < -0.4 is 15.8 Å². The van der Waals surface area contributed by atoms with Crippen molar-refractivity contribution in [1.29, 1.82) is 0 Å². The molecule has 3 N–H and O–H groups in total. The summed E-state index contributed by atoms with van der Waals surface area (Å²) < 4.78 is 32.0. The minimum absolute atomic E-state index is 0.0842. The molecule has 3 nitrogen and oxygen atoms in total. The second kappa shape index (κ2) is 5.32. The van der Waals surface area contributed by atoms with Gasteiger partial charge in [-0.15, -0.1) is 0 Å². The third kappa shape index (κ3) is 2.71. The van der Waals surface area contributed by atoms with Crippen molar-refractivity contribution < 1.29 is 13.5 Å². The molecule has 6 heteroatoms. The van der Waals surface area contributed by atoms with Crippen LogP contribution in [0.2, 0.25) is 5.02 Å². The van der Waals surface area contributed by atoms with E-state index in [9.17, 15) is 8.78 Å². The molecule has 0 heterocycles. The van der Waals surface area contributed by atoms with E-state index in [1.165, 1.54) is 19.2 Å². The Bertz CT molecular complexity index is 620. The van der Waals surface area contributed by atoms with Crippen LogP contribution in [-0.4, -0.2) is 7.11 Å². The van der Waals surface area contributed by atoms with E-state index in [4.69, 9.17) is 22.1 Å². The third-order valence-electron chi connectivity index (χ3n) is 2.55. The summed E-state index contributed by atoms with van der Waals surface area (Å²) >= 11 is 5.86. The van der Waals surface area contributed by atoms with E-state index in [1.54, 1.807) is 12.1 Å². The van der Waals surface area contributed by atoms with Gasteiger partial charge in [-0.2, -0.15) is 0 Å². The van der Waals surface area contributed by atoms with Crippen molar-refractivity contribution in [2.24, 2.45) is 0 Å². The fourth-order valence-electron chi connectivity index (χ4n) is 1.61. The molecule has 0 unspecified atom stereocenters. The maximum absolute atomic E-state index is 13.7. The highest BCUT2D eigenvalue weighted by Gasteiger charge is 2.14. The Morgan fingerprint density at radius 2 is 1.95 bits per heavy atom. The summed E-state index contributed by atoms with van der Waals surface area (Å²) in [6, 6.07) is 7.00. The minimum Gasteiger partial charge on any atom is -0.495 e. The molecular weight excluding hydrogens is 274 g/mol. The summed E-state index contributed by atoms with van der Waals surface area (Å²) in [7, 11) is 1.46. The molecule has 0 saturated heterocycles. The zero-order chi connectivity index (χ0) is 14.0. The lowest BCUT2D eigenvalue weighted by Crippen LogP contribution is -2.02. The van der Waals surface area contributed by atoms with Crippen LogP contribution in [0.4, 0.5) is 25.8 Å². The normalized spacial score (nSPS) is 10.3. The standard InChI is InChI=1S/C13H11ClF2N2O/c1-19-11-5-2-7(14)6-10(11)18-13-9(17)4-3-8(15)12(13)16/h2-6,18H,17H2,1H3. The third-order valence-corrected chi connectivity index (χ3v) is 2.78. The Labute approximate surface area is 113 Å². The van der Waals surface area contributed by atoms with E-state index in [0.29, 0.717) is 16.5 Å². The molecule has 0 atom stereocenters. The van der Waals surface area contributed by atoms with Gasteiger partial charge in [-0.1, -0.05) is 11.6 Å². The van der Waals surface area contributed by atoms with E-state index in [-0.39, 0.29) is 11.4 Å². The molecule has 0 fully saturated rings. The van der Waals surface area contributed by atoms with Crippen molar-refractivity contribution in [3.8, 4) is 5.75 Å². The van der Waals surface area contributed by atoms with Gasteiger partial charge in [-0.05, 0) is 30.3 Å². The molecule has 0 bridgehead atoms. The van der Waals surface area contributed by atoms with Gasteiger partial charge < -0.3 is 15.8 Å². The SMILES string of the molecule is COc1ccc(Cl)cc1Nc1c(N)ccc(F)c1F. The molecule has 100 valence electrons. The van der Waals surface area contributed by atoms with Crippen LogP contribution in [0.15, 0.2) is 30.3 Å². The lowest BCUT2D eigenvalue weighted by molar-refractivity contribution is 0.417. The van der Waals surface area contributed by atoms with Crippen LogP contribution in [0.25, 0.3) is 0 Å². The second-order valence-corrected chi connectivity index (χ2v) is 4.23. The fraction of sp³-hybridized carbons (Fsp3) is 0.0769. The van der Waals surface area contributed by atoms with Crippen molar-refractivity contribution in [2.75, 3.05) is 18.2 Å². The molecular formula is C13H11ClF2N2O. The van der Waals surface area contributed by atoms with E-state index in [2.05, 4.69) is 5.32 Å². The topological polar surface area (TPSA) is 47.3 Å². The molecule has 0 aromatic heterocycles. The van der Waals surface area contributed by atoms with Crippen LogP contribution in [0, 0.1) is 11.6 Å². The summed E-state index contributed by atoms with van der Waals surface area (Å²) in [4.78, 5) is 0. The molecule has 2 rings (SSSR count). The van der Waals surface area contributed by atoms with Crippen molar-refractivity contribution >= 4 is 28.7 Å². The largest absolute Gasteiger partial charge is 0.495 e. The van der Waals surface area contributed by atoms with Gasteiger partial charge in [0, 0.05) is 5.02 Å². The van der Waals surface area contributed by atoms with Crippen molar-refractivity contribution in [1.82, 2.24) is 0 Å². The van der Waals surface area contributed by atoms with Crippen LogP contribution in [0.3, 0.4) is 0 Å². The lowest BCUT2D eigenvalue weighted by Gasteiger charge is -2.14. The molecule has 19 heavy (non-hydrogen) atoms. The zero-order valence-corrected chi connectivity index (χ0v) is 10.8. The maximum atomic E-state index is 13.7. The number of hydrogen-bond donors (Lipinski definition) is 2. The number of benzene rings is 2. The predicted octanol–water partition coefficient (Wildman–Crippen LogP) is 3.95. The molecule has 0 spiro atoms. The van der Waals surface area contributed by atoms with Crippen LogP contribution in [0.5, 0.6) is 5.75 Å². The average Bonchev–Trinajstić information content (AvgIpc) is 2.39. The molecule has 0 aliphatic carbocycles. The first kappa shape index (κ1) is 13.4. The quantitative estimate of drug-likeness (QED) is 0.839. The number of anilines is 3. The second-order valence-electron chi connectivity index (χ2n) is 3.80. The summed E-state index contributed by atoms with van der Waals surface area (Å²) in [6.07, 6.45) is 0. The number of nitrogens with two attached hydrogens (primary N) is 1. The lowest BCUT2D eigenvalue weighted by atomic mass is 10.2. The van der Waals surface area contributed by atoms with E-state index >= 15 is 0 Å². The maximum Gasteiger partial charge on any atom is 0.184 e. The van der Waals surface area contributed by atoms with Crippen LogP contribution in [0.1, 0.15) is 0 Å². The number of hydrogen-bond acceptors (Lipinski definition) is 3. The van der Waals surface area contributed by atoms with Gasteiger partial charge >= 0.3 is 0 Å². The summed E-state index contributed by atoms with van der Waals surface area (Å²) in [5, 5.41) is 3.12. The number of rotatable bonds is 3. The Morgan fingerprint density at radius 1 is 1.21 bits per heavy atom. The van der Waals surface area contributed by atoms with Crippen molar-refractivity contribution in [3.63, 3.8) is 0 Å². The Morgan fingerprint density at radius 3 is 2.63 bits per heavy atom. The first-order valence-electron chi connectivity index (χ1n) is 5.37. The summed E-state index contributed by atoms with van der Waals surface area (Å²) in [5.41, 5.74) is 5.95. The number of nitrogens with one attached hydrogen (secondary N) is 1. The molecule has 0 aliphatic heterocycles. The van der Waals surface area contributed by atoms with Gasteiger partial charge in [0.2, 0.25) is 0 Å². The molecule has 2 aromatic rings. The summed E-state index contributed by atoms with van der Waals surface area (Å²) in [5.74, 6) is -1.60. The van der Waals surface area contributed by atoms with E-state index in [0.717, 1.165) is 6.07 Å². The van der Waals surface area contributed by atoms with Gasteiger partial charge in [-0.25, -0.2) is 8.78 Å². The van der Waals surface area contributed by atoms with Gasteiger partial charge in [-0.3, -0.25) is 0 Å². The molecule has 2 aromatic carbocycles. The Kier molecular flexibility index (Phi) is 3.76. The minimum atomic E-state index is -1.05. The number of methoxy groups -OCH3 is 1. The van der Waals surface area contributed by atoms with Crippen molar-refractivity contribution in [3.05, 3.63) is 47.0 Å². The Balaban J connectivity index is 2.47. The zero-order valence-electron chi connectivity index (χ0n) is 10.0. The molecule has 0 aliphatic rings. The number of ether oxygens (including phenoxy) is 1.